The lowest BCUT2D eigenvalue weighted by Gasteiger charge is -2.15. The van der Waals surface area contributed by atoms with Crippen LogP contribution in [0, 0.1) is 11.6 Å². The maximum atomic E-state index is 12.5. The van der Waals surface area contributed by atoms with Gasteiger partial charge in [0.05, 0.1) is 34.9 Å². The molecule has 0 saturated heterocycles. The smallest absolute Gasteiger partial charge is 0.234 e. The van der Waals surface area contributed by atoms with Crippen molar-refractivity contribution in [1.29, 1.82) is 0 Å². The number of nitrogens with zero attached hydrogens (tertiary/aromatic N) is 4. The summed E-state index contributed by atoms with van der Waals surface area (Å²) in [6, 6.07) is 0. The minimum atomic E-state index is -3.75. The fraction of sp³-hybridized carbons (Fsp3) is 0.444. The molecule has 0 amide bonds. The van der Waals surface area contributed by atoms with Gasteiger partial charge in [-0.25, -0.2) is 55.8 Å². The number of nitrogens with two attached hydrogens (primary N) is 2. The van der Waals surface area contributed by atoms with Gasteiger partial charge in [-0.05, 0) is 20.8 Å². The lowest BCUT2D eigenvalue weighted by molar-refractivity contribution is 0.559. The topological polar surface area (TPSA) is 172 Å². The number of primary sulfonamides is 2. The first-order valence-electron chi connectivity index (χ1n) is 8.31. The van der Waals surface area contributed by atoms with Crippen LogP contribution in [0.2, 0.25) is 0 Å². The maximum absolute atomic E-state index is 12.5. The number of halogens is 2. The average Bonchev–Trinajstić information content (AvgIpc) is 2.66. The predicted octanol–water partition coefficient (Wildman–Crippen LogP) is 2.32. The molecule has 0 aliphatic carbocycles. The van der Waals surface area contributed by atoms with Gasteiger partial charge in [0.15, 0.2) is 17.5 Å². The largest absolute Gasteiger partial charge is 0.238 e. The normalized spacial score (nSPS) is 13.9. The summed E-state index contributed by atoms with van der Waals surface area (Å²) in [4.78, 5) is 14.7. The van der Waals surface area contributed by atoms with E-state index in [0.717, 1.165) is 24.8 Å². The second kappa shape index (κ2) is 12.6. The molecule has 10 nitrogen and oxygen atoms in total. The van der Waals surface area contributed by atoms with Gasteiger partial charge in [0.25, 0.3) is 0 Å². The molecule has 0 bridgehead atoms. The van der Waals surface area contributed by atoms with Crippen molar-refractivity contribution in [3.63, 3.8) is 0 Å². The Morgan fingerprint density at radius 2 is 1.22 bits per heavy atom. The lowest BCUT2D eigenvalue weighted by atomic mass is 10.1. The molecule has 2 heterocycles. The summed E-state index contributed by atoms with van der Waals surface area (Å²) in [5.74, 6) is -1.21. The van der Waals surface area contributed by atoms with E-state index in [1.165, 1.54) is 20.8 Å². The first kappa shape index (κ1) is 31.8. The summed E-state index contributed by atoms with van der Waals surface area (Å²) in [5, 5.41) is 9.12. The molecule has 2 rings (SSSR count). The number of hydrogen-bond donors (Lipinski definition) is 2. The van der Waals surface area contributed by atoms with E-state index < -0.39 is 42.8 Å². The third-order valence-electron chi connectivity index (χ3n) is 4.18. The zero-order chi connectivity index (χ0) is 23.3. The molecule has 0 aliphatic rings. The van der Waals surface area contributed by atoms with Gasteiger partial charge in [-0.2, -0.15) is 0 Å². The van der Waals surface area contributed by atoms with Crippen molar-refractivity contribution in [2.45, 2.75) is 53.7 Å². The third-order valence-corrected chi connectivity index (χ3v) is 6.78. The zero-order valence-corrected chi connectivity index (χ0v) is 18.2. The van der Waals surface area contributed by atoms with Gasteiger partial charge >= 0.3 is 0 Å². The highest BCUT2D eigenvalue weighted by atomic mass is 32.2. The number of allylic oxidation sites excluding steroid dienone is 2. The molecule has 2 atom stereocenters. The molecule has 2 aromatic rings. The van der Waals surface area contributed by atoms with E-state index in [9.17, 15) is 25.6 Å². The molecule has 14 heteroatoms. The van der Waals surface area contributed by atoms with Crippen molar-refractivity contribution < 1.29 is 25.6 Å². The van der Waals surface area contributed by atoms with Crippen LogP contribution in [0.3, 0.4) is 0 Å². The Morgan fingerprint density at radius 1 is 0.844 bits per heavy atom. The minimum absolute atomic E-state index is 0. The zero-order valence-electron chi connectivity index (χ0n) is 16.6. The Labute approximate surface area is 188 Å². The van der Waals surface area contributed by atoms with Crippen LogP contribution < -0.4 is 10.3 Å². The van der Waals surface area contributed by atoms with Crippen molar-refractivity contribution in [2.75, 3.05) is 0 Å². The van der Waals surface area contributed by atoms with Crippen LogP contribution >= 0.6 is 0 Å². The van der Waals surface area contributed by atoms with Gasteiger partial charge < -0.3 is 0 Å². The highest BCUT2D eigenvalue weighted by molar-refractivity contribution is 7.93. The molecule has 4 N–H and O–H groups in total. The summed E-state index contributed by atoms with van der Waals surface area (Å²) < 4.78 is 69.1. The summed E-state index contributed by atoms with van der Waals surface area (Å²) in [7, 11) is -7.39. The van der Waals surface area contributed by atoms with Gasteiger partial charge in [-0.1, -0.05) is 21.8 Å². The first-order valence-corrected chi connectivity index (χ1v) is 11.5. The molecule has 0 fully saturated rings. The molecule has 0 spiro atoms. The minimum Gasteiger partial charge on any atom is -0.238 e. The van der Waals surface area contributed by atoms with Gasteiger partial charge in [0.2, 0.25) is 20.0 Å². The van der Waals surface area contributed by atoms with E-state index in [4.69, 9.17) is 10.3 Å². The van der Waals surface area contributed by atoms with Gasteiger partial charge in [0.1, 0.15) is 5.82 Å². The van der Waals surface area contributed by atoms with Crippen LogP contribution in [-0.2, 0) is 20.0 Å². The van der Waals surface area contributed by atoms with Crippen molar-refractivity contribution in [3.05, 3.63) is 53.0 Å². The monoisotopic (exact) mass is 496 g/mol. The fourth-order valence-corrected chi connectivity index (χ4v) is 3.14. The fourth-order valence-electron chi connectivity index (χ4n) is 1.93. The molecule has 182 valence electrons. The summed E-state index contributed by atoms with van der Waals surface area (Å²) in [5.41, 5.74) is 0.303. The van der Waals surface area contributed by atoms with Crippen molar-refractivity contribution >= 4 is 25.6 Å². The first-order chi connectivity index (χ1) is 13.6. The van der Waals surface area contributed by atoms with Gasteiger partial charge in [-0.3, -0.25) is 0 Å². The molecule has 32 heavy (non-hydrogen) atoms. The third kappa shape index (κ3) is 9.38. The Balaban J connectivity index is 0. The molecule has 0 radical (unpaired) electrons. The van der Waals surface area contributed by atoms with Crippen molar-refractivity contribution in [1.82, 2.24) is 19.9 Å². The van der Waals surface area contributed by atoms with E-state index in [0.29, 0.717) is 5.57 Å². The predicted molar refractivity (Wildman–Crippen MR) is 120 cm³/mol. The van der Waals surface area contributed by atoms with Crippen LogP contribution in [0.5, 0.6) is 0 Å². The van der Waals surface area contributed by atoms with E-state index >= 15 is 0 Å². The molecular weight excluding hydrogens is 466 g/mol. The van der Waals surface area contributed by atoms with Crippen LogP contribution in [0.25, 0.3) is 5.57 Å². The van der Waals surface area contributed by atoms with E-state index in [-0.39, 0.29) is 31.4 Å². The standard InChI is InChI=1S/C8H12FN3O2S.C8H10FN3O2S.2CH4/c2*1-5(6(2)15(10,13)14)8-11-3-7(9)4-12-8;;/h3-6H,1-2H3,(H2,10,13,14);3-4H,1-2H3,(H2,10,13,14);2*1H4/b;6-5+;;/t5-,6-;;;/m0.../s1. The molecule has 0 unspecified atom stereocenters. The van der Waals surface area contributed by atoms with Gasteiger partial charge in [0, 0.05) is 11.5 Å². The SMILES string of the molecule is C.C.C/C(=C(/C)S(N)(=O)=O)c1ncc(F)cn1.C[C@H](c1ncc(F)cn1)[C@H](C)S(N)(=O)=O. The van der Waals surface area contributed by atoms with E-state index in [2.05, 4.69) is 19.9 Å². The summed E-state index contributed by atoms with van der Waals surface area (Å²) in [6.07, 6.45) is 3.91. The highest BCUT2D eigenvalue weighted by Gasteiger charge is 2.26. The molecule has 0 saturated carbocycles. The second-order valence-electron chi connectivity index (χ2n) is 6.29. The Morgan fingerprint density at radius 3 is 1.56 bits per heavy atom. The Hall–Kier alpha value is -2.42. The lowest BCUT2D eigenvalue weighted by Crippen LogP contribution is -2.31. The van der Waals surface area contributed by atoms with E-state index in [1.807, 2.05) is 0 Å². The number of sulfonamides is 2. The number of rotatable bonds is 5. The Bertz CT molecular complexity index is 1110. The van der Waals surface area contributed by atoms with Crippen molar-refractivity contribution in [2.24, 2.45) is 10.3 Å². The van der Waals surface area contributed by atoms with Crippen LogP contribution in [0.4, 0.5) is 8.78 Å². The molecule has 2 aromatic heterocycles. The Kier molecular flexibility index (Phi) is 12.5. The number of aromatic nitrogens is 4. The summed E-state index contributed by atoms with van der Waals surface area (Å²) >= 11 is 0. The number of hydrogen-bond acceptors (Lipinski definition) is 8. The summed E-state index contributed by atoms with van der Waals surface area (Å²) in [6.45, 7) is 5.94. The molecule has 0 aromatic carbocycles. The van der Waals surface area contributed by atoms with Crippen molar-refractivity contribution in [3.8, 4) is 0 Å². The average molecular weight is 497 g/mol. The quantitative estimate of drug-likeness (QED) is 0.634. The highest BCUT2D eigenvalue weighted by Crippen LogP contribution is 2.19. The van der Waals surface area contributed by atoms with Gasteiger partial charge in [-0.15, -0.1) is 0 Å². The second-order valence-corrected chi connectivity index (χ2v) is 9.92. The van der Waals surface area contributed by atoms with Crippen LogP contribution in [0.15, 0.2) is 29.7 Å². The molecular formula is C18H30F2N6O4S2. The molecule has 0 aliphatic heterocycles. The van der Waals surface area contributed by atoms with Crippen LogP contribution in [0.1, 0.15) is 60.1 Å². The van der Waals surface area contributed by atoms with Crippen LogP contribution in [-0.4, -0.2) is 42.0 Å². The van der Waals surface area contributed by atoms with E-state index in [1.54, 1.807) is 6.92 Å². The maximum Gasteiger partial charge on any atom is 0.234 e.